The molecule has 0 spiro atoms. The third-order valence-corrected chi connectivity index (χ3v) is 4.42. The molecule has 9 heteroatoms. The number of anilines is 1. The number of hydrogen-bond donors (Lipinski definition) is 2. The van der Waals surface area contributed by atoms with Crippen LogP contribution in [-0.4, -0.2) is 34.1 Å². The van der Waals surface area contributed by atoms with E-state index in [2.05, 4.69) is 25.6 Å². The molecule has 0 unspecified atom stereocenters. The van der Waals surface area contributed by atoms with E-state index in [1.165, 1.54) is 12.1 Å². The van der Waals surface area contributed by atoms with Crippen LogP contribution in [-0.2, 0) is 6.18 Å². The fraction of sp³-hybridized carbons (Fsp3) is 0.278. The molecule has 1 saturated heterocycles. The molecule has 0 radical (unpaired) electrons. The van der Waals surface area contributed by atoms with E-state index in [0.29, 0.717) is 28.0 Å². The predicted octanol–water partition coefficient (Wildman–Crippen LogP) is 3.91. The van der Waals surface area contributed by atoms with Gasteiger partial charge in [-0.25, -0.2) is 9.97 Å². The quantitative estimate of drug-likeness (QED) is 0.704. The molecule has 1 aliphatic rings. The number of benzene rings is 1. The molecule has 142 valence electrons. The van der Waals surface area contributed by atoms with Gasteiger partial charge in [-0.15, -0.1) is 12.4 Å². The topological polar surface area (TPSA) is 62.7 Å². The van der Waals surface area contributed by atoms with E-state index in [1.54, 1.807) is 18.6 Å². The first-order valence-electron chi connectivity index (χ1n) is 8.27. The number of rotatable bonds is 3. The van der Waals surface area contributed by atoms with Crippen LogP contribution < -0.4 is 10.6 Å². The molecule has 4 rings (SSSR count). The van der Waals surface area contributed by atoms with Gasteiger partial charge in [-0.2, -0.15) is 13.2 Å². The summed E-state index contributed by atoms with van der Waals surface area (Å²) in [5, 5.41) is 6.64. The number of pyridine rings is 1. The molecule has 0 aliphatic carbocycles. The van der Waals surface area contributed by atoms with Crippen molar-refractivity contribution < 1.29 is 13.2 Å². The summed E-state index contributed by atoms with van der Waals surface area (Å²) in [5.74, 6) is 0.637. The van der Waals surface area contributed by atoms with Crippen LogP contribution in [0.15, 0.2) is 42.9 Å². The van der Waals surface area contributed by atoms with Crippen molar-refractivity contribution in [1.82, 2.24) is 20.3 Å². The number of nitrogens with one attached hydrogen (secondary N) is 2. The van der Waals surface area contributed by atoms with Gasteiger partial charge in [0.2, 0.25) is 0 Å². The van der Waals surface area contributed by atoms with Crippen molar-refractivity contribution in [2.24, 2.45) is 0 Å². The van der Waals surface area contributed by atoms with Crippen molar-refractivity contribution in [3.05, 3.63) is 48.4 Å². The highest BCUT2D eigenvalue weighted by Crippen LogP contribution is 2.33. The van der Waals surface area contributed by atoms with Gasteiger partial charge in [-0.3, -0.25) is 4.98 Å². The van der Waals surface area contributed by atoms with Crippen molar-refractivity contribution in [3.8, 4) is 11.1 Å². The highest BCUT2D eigenvalue weighted by Gasteiger charge is 2.30. The summed E-state index contributed by atoms with van der Waals surface area (Å²) < 4.78 is 38.3. The molecule has 0 bridgehead atoms. The zero-order valence-corrected chi connectivity index (χ0v) is 14.9. The molecular formula is C18H17ClF3N5. The smallest absolute Gasteiger partial charge is 0.364 e. The van der Waals surface area contributed by atoms with Crippen molar-refractivity contribution in [2.75, 3.05) is 18.4 Å². The SMILES string of the molecule is Cl.FC(F)(F)c1ccc(-c2cnc(N[C@H]3CCNC3)c3nccnc23)cc1. The fourth-order valence-electron chi connectivity index (χ4n) is 3.09. The number of halogens is 4. The van der Waals surface area contributed by atoms with Crippen molar-refractivity contribution >= 4 is 29.3 Å². The maximum atomic E-state index is 12.8. The van der Waals surface area contributed by atoms with Gasteiger partial charge in [-0.05, 0) is 30.7 Å². The van der Waals surface area contributed by atoms with Gasteiger partial charge in [-0.1, -0.05) is 12.1 Å². The van der Waals surface area contributed by atoms with Crippen LogP contribution in [0.1, 0.15) is 12.0 Å². The monoisotopic (exact) mass is 395 g/mol. The van der Waals surface area contributed by atoms with Gasteiger partial charge in [0.15, 0.2) is 5.82 Å². The van der Waals surface area contributed by atoms with Gasteiger partial charge in [0.25, 0.3) is 0 Å². The lowest BCUT2D eigenvalue weighted by atomic mass is 10.0. The van der Waals surface area contributed by atoms with Gasteiger partial charge in [0.1, 0.15) is 11.0 Å². The Morgan fingerprint density at radius 1 is 1.00 bits per heavy atom. The summed E-state index contributed by atoms with van der Waals surface area (Å²) in [6.07, 6.45) is 1.41. The zero-order valence-electron chi connectivity index (χ0n) is 14.1. The number of hydrogen-bond acceptors (Lipinski definition) is 5. The molecule has 1 aromatic carbocycles. The Morgan fingerprint density at radius 2 is 1.70 bits per heavy atom. The highest BCUT2D eigenvalue weighted by molar-refractivity contribution is 5.96. The molecule has 3 aromatic rings. The Hall–Kier alpha value is -2.45. The fourth-order valence-corrected chi connectivity index (χ4v) is 3.09. The lowest BCUT2D eigenvalue weighted by Gasteiger charge is -2.15. The maximum Gasteiger partial charge on any atom is 0.416 e. The molecule has 1 fully saturated rings. The summed E-state index contributed by atoms with van der Waals surface area (Å²) in [4.78, 5) is 13.2. The predicted molar refractivity (Wildman–Crippen MR) is 99.9 cm³/mol. The molecule has 5 nitrogen and oxygen atoms in total. The van der Waals surface area contributed by atoms with E-state index >= 15 is 0 Å². The van der Waals surface area contributed by atoms with Crippen LogP contribution >= 0.6 is 12.4 Å². The summed E-state index contributed by atoms with van der Waals surface area (Å²) in [5.41, 5.74) is 1.80. The molecule has 0 amide bonds. The lowest BCUT2D eigenvalue weighted by Crippen LogP contribution is -2.23. The second-order valence-corrected chi connectivity index (χ2v) is 6.18. The average Bonchev–Trinajstić information content (AvgIpc) is 3.15. The first-order chi connectivity index (χ1) is 12.5. The van der Waals surface area contributed by atoms with Crippen LogP contribution in [0.4, 0.5) is 19.0 Å². The second-order valence-electron chi connectivity index (χ2n) is 6.18. The van der Waals surface area contributed by atoms with E-state index in [1.807, 2.05) is 0 Å². The Labute approximate surface area is 159 Å². The average molecular weight is 396 g/mol. The summed E-state index contributed by atoms with van der Waals surface area (Å²) in [7, 11) is 0. The Kier molecular flexibility index (Phi) is 5.48. The normalized spacial score (nSPS) is 16.9. The zero-order chi connectivity index (χ0) is 18.1. The van der Waals surface area contributed by atoms with Gasteiger partial charge >= 0.3 is 6.18 Å². The standard InChI is InChI=1S/C18H16F3N5.ClH/c19-18(20,21)12-3-1-11(2-4-12)14-10-25-17(26-13-5-6-22-9-13)16-15(14)23-7-8-24-16;/h1-4,7-8,10,13,22H,5-6,9H2,(H,25,26);1H/t13-;/m0./s1. The summed E-state index contributed by atoms with van der Waals surface area (Å²) in [6, 6.07) is 5.26. The molecule has 2 N–H and O–H groups in total. The lowest BCUT2D eigenvalue weighted by molar-refractivity contribution is -0.137. The van der Waals surface area contributed by atoms with Crippen LogP contribution in [0.2, 0.25) is 0 Å². The molecular weight excluding hydrogens is 379 g/mol. The van der Waals surface area contributed by atoms with E-state index in [0.717, 1.165) is 31.6 Å². The summed E-state index contributed by atoms with van der Waals surface area (Å²) >= 11 is 0. The molecule has 1 atom stereocenters. The van der Waals surface area contributed by atoms with E-state index in [4.69, 9.17) is 0 Å². The highest BCUT2D eigenvalue weighted by atomic mass is 35.5. The van der Waals surface area contributed by atoms with Gasteiger partial charge < -0.3 is 10.6 Å². The van der Waals surface area contributed by atoms with Crippen molar-refractivity contribution in [2.45, 2.75) is 18.6 Å². The number of aromatic nitrogens is 3. The Balaban J connectivity index is 0.00000210. The van der Waals surface area contributed by atoms with Crippen LogP contribution in [0.3, 0.4) is 0 Å². The molecule has 1 aliphatic heterocycles. The summed E-state index contributed by atoms with van der Waals surface area (Å²) in [6.45, 7) is 1.80. The van der Waals surface area contributed by atoms with Crippen molar-refractivity contribution in [1.29, 1.82) is 0 Å². The van der Waals surface area contributed by atoms with Crippen LogP contribution in [0.5, 0.6) is 0 Å². The molecule has 27 heavy (non-hydrogen) atoms. The number of alkyl halides is 3. The molecule has 0 saturated carbocycles. The van der Waals surface area contributed by atoms with Gasteiger partial charge in [0, 0.05) is 36.7 Å². The first kappa shape index (κ1) is 19.3. The minimum Gasteiger partial charge on any atom is -0.364 e. The third-order valence-electron chi connectivity index (χ3n) is 4.42. The second kappa shape index (κ2) is 7.66. The number of fused-ring (bicyclic) bond motifs is 1. The maximum absolute atomic E-state index is 12.8. The minimum absolute atomic E-state index is 0. The first-order valence-corrected chi connectivity index (χ1v) is 8.27. The molecule has 3 heterocycles. The third kappa shape index (κ3) is 3.96. The largest absolute Gasteiger partial charge is 0.416 e. The van der Waals surface area contributed by atoms with E-state index in [-0.39, 0.29) is 18.4 Å². The van der Waals surface area contributed by atoms with E-state index in [9.17, 15) is 13.2 Å². The van der Waals surface area contributed by atoms with E-state index < -0.39 is 11.7 Å². The minimum atomic E-state index is -4.36. The Bertz CT molecular complexity index is 924. The number of nitrogens with zero attached hydrogens (tertiary/aromatic N) is 3. The van der Waals surface area contributed by atoms with Gasteiger partial charge in [0.05, 0.1) is 5.56 Å². The van der Waals surface area contributed by atoms with Crippen molar-refractivity contribution in [3.63, 3.8) is 0 Å². The molecule has 2 aromatic heterocycles. The Morgan fingerprint density at radius 3 is 2.33 bits per heavy atom. The van der Waals surface area contributed by atoms with Crippen LogP contribution in [0, 0.1) is 0 Å². The van der Waals surface area contributed by atoms with Crippen LogP contribution in [0.25, 0.3) is 22.2 Å².